The maximum absolute atomic E-state index is 4.36. The molecule has 2 rings (SSSR count). The molecule has 14 heavy (non-hydrogen) atoms. The quantitative estimate of drug-likeness (QED) is 0.739. The molecule has 74 valence electrons. The van der Waals surface area contributed by atoms with Crippen LogP contribution in [0.25, 0.3) is 0 Å². The van der Waals surface area contributed by atoms with Gasteiger partial charge in [0.15, 0.2) is 0 Å². The van der Waals surface area contributed by atoms with Gasteiger partial charge >= 0.3 is 0 Å². The molecule has 2 aromatic heterocycles. The first-order valence-electron chi connectivity index (χ1n) is 4.02. The molecule has 0 amide bonds. The molecule has 0 N–H and O–H groups in total. The predicted octanol–water partition coefficient (Wildman–Crippen LogP) is 1.27. The van der Waals surface area contributed by atoms with Crippen molar-refractivity contribution in [2.24, 2.45) is 7.05 Å². The van der Waals surface area contributed by atoms with Gasteiger partial charge in [0, 0.05) is 18.2 Å². The number of hydrogen-bond acceptors (Lipinski definition) is 6. The fourth-order valence-electron chi connectivity index (χ4n) is 0.957. The van der Waals surface area contributed by atoms with E-state index in [1.54, 1.807) is 27.8 Å². The van der Waals surface area contributed by atoms with Crippen LogP contribution in [-0.2, 0) is 12.8 Å². The van der Waals surface area contributed by atoms with E-state index in [2.05, 4.69) is 25.9 Å². The van der Waals surface area contributed by atoms with Crippen molar-refractivity contribution in [2.75, 3.05) is 0 Å². The number of hydrogen-bond donors (Lipinski definition) is 0. The lowest BCUT2D eigenvalue weighted by molar-refractivity contribution is 0.664. The SMILES string of the molecule is Cc1nc(CSc2nnnn2C)cs1. The average Bonchev–Trinajstić information content (AvgIpc) is 2.72. The van der Waals surface area contributed by atoms with Gasteiger partial charge in [0.05, 0.1) is 10.7 Å². The lowest BCUT2D eigenvalue weighted by atomic mass is 10.6. The Hall–Kier alpha value is -0.950. The van der Waals surface area contributed by atoms with E-state index in [9.17, 15) is 0 Å². The average molecular weight is 227 g/mol. The molecule has 0 aliphatic rings. The Labute approximate surface area is 89.5 Å². The summed E-state index contributed by atoms with van der Waals surface area (Å²) in [5.74, 6) is 0.818. The highest BCUT2D eigenvalue weighted by molar-refractivity contribution is 7.98. The van der Waals surface area contributed by atoms with Crippen molar-refractivity contribution < 1.29 is 0 Å². The molecule has 0 unspecified atom stereocenters. The monoisotopic (exact) mass is 227 g/mol. The summed E-state index contributed by atoms with van der Waals surface area (Å²) in [6.07, 6.45) is 0. The van der Waals surface area contributed by atoms with Gasteiger partial charge in [-0.15, -0.1) is 16.4 Å². The highest BCUT2D eigenvalue weighted by atomic mass is 32.2. The summed E-state index contributed by atoms with van der Waals surface area (Å²) in [6, 6.07) is 0. The van der Waals surface area contributed by atoms with E-state index in [4.69, 9.17) is 0 Å². The van der Waals surface area contributed by atoms with Crippen molar-refractivity contribution in [3.8, 4) is 0 Å². The van der Waals surface area contributed by atoms with Crippen molar-refractivity contribution in [2.45, 2.75) is 17.8 Å². The molecule has 2 heterocycles. The third kappa shape index (κ3) is 2.10. The Balaban J connectivity index is 1.98. The van der Waals surface area contributed by atoms with Crippen LogP contribution in [-0.4, -0.2) is 25.2 Å². The Kier molecular flexibility index (Phi) is 2.78. The standard InChI is InChI=1S/C7H9N5S2/c1-5-8-6(3-13-5)4-14-7-9-10-11-12(7)2/h3H,4H2,1-2H3. The second-order valence-electron chi connectivity index (χ2n) is 2.73. The minimum absolute atomic E-state index is 0.815. The third-order valence-electron chi connectivity index (χ3n) is 1.60. The zero-order valence-corrected chi connectivity index (χ0v) is 9.47. The minimum Gasteiger partial charge on any atom is -0.246 e. The highest BCUT2D eigenvalue weighted by Gasteiger charge is 2.04. The summed E-state index contributed by atoms with van der Waals surface area (Å²) in [7, 11) is 1.83. The molecule has 0 aliphatic heterocycles. The van der Waals surface area contributed by atoms with E-state index in [0.29, 0.717) is 0 Å². The number of thioether (sulfide) groups is 1. The number of thiazole rings is 1. The van der Waals surface area contributed by atoms with Crippen molar-refractivity contribution in [1.29, 1.82) is 0 Å². The third-order valence-corrected chi connectivity index (χ3v) is 3.46. The van der Waals surface area contributed by atoms with Gasteiger partial charge in [-0.05, 0) is 17.4 Å². The Bertz CT molecular complexity index is 421. The molecule has 0 bridgehead atoms. The molecule has 0 saturated heterocycles. The first kappa shape index (κ1) is 9.60. The van der Waals surface area contributed by atoms with Crippen LogP contribution in [0.2, 0.25) is 0 Å². The summed E-state index contributed by atoms with van der Waals surface area (Å²) in [5, 5.41) is 15.2. The van der Waals surface area contributed by atoms with Gasteiger partial charge in [-0.2, -0.15) is 0 Å². The van der Waals surface area contributed by atoms with Crippen LogP contribution in [0.15, 0.2) is 10.5 Å². The molecule has 0 spiro atoms. The van der Waals surface area contributed by atoms with Gasteiger partial charge < -0.3 is 0 Å². The molecule has 5 nitrogen and oxygen atoms in total. The molecule has 0 fully saturated rings. The number of nitrogens with zero attached hydrogens (tertiary/aromatic N) is 5. The number of aromatic nitrogens is 5. The second kappa shape index (κ2) is 4.05. The maximum atomic E-state index is 4.36. The van der Waals surface area contributed by atoms with Crippen molar-refractivity contribution in [3.63, 3.8) is 0 Å². The van der Waals surface area contributed by atoms with E-state index in [0.717, 1.165) is 21.6 Å². The molecular formula is C7H9N5S2. The highest BCUT2D eigenvalue weighted by Crippen LogP contribution is 2.20. The second-order valence-corrected chi connectivity index (χ2v) is 4.74. The maximum Gasteiger partial charge on any atom is 0.209 e. The first-order valence-corrected chi connectivity index (χ1v) is 5.88. The van der Waals surface area contributed by atoms with E-state index in [1.165, 1.54) is 0 Å². The van der Waals surface area contributed by atoms with Crippen LogP contribution in [0.4, 0.5) is 0 Å². The molecule has 2 aromatic rings. The lowest BCUT2D eigenvalue weighted by Crippen LogP contribution is -1.93. The van der Waals surface area contributed by atoms with E-state index in [1.807, 2.05) is 14.0 Å². The van der Waals surface area contributed by atoms with Crippen LogP contribution < -0.4 is 0 Å². The van der Waals surface area contributed by atoms with Gasteiger partial charge in [0.2, 0.25) is 5.16 Å². The number of tetrazole rings is 1. The normalized spacial score (nSPS) is 10.7. The van der Waals surface area contributed by atoms with Crippen molar-refractivity contribution >= 4 is 23.1 Å². The Morgan fingerprint density at radius 3 is 3.00 bits per heavy atom. The van der Waals surface area contributed by atoms with E-state index in [-0.39, 0.29) is 0 Å². The fraction of sp³-hybridized carbons (Fsp3) is 0.429. The zero-order chi connectivity index (χ0) is 9.97. The Morgan fingerprint density at radius 1 is 1.57 bits per heavy atom. The van der Waals surface area contributed by atoms with Gasteiger partial charge in [-0.25, -0.2) is 9.67 Å². The summed E-state index contributed by atoms with van der Waals surface area (Å²) in [4.78, 5) is 4.36. The molecular weight excluding hydrogens is 218 g/mol. The topological polar surface area (TPSA) is 56.5 Å². The van der Waals surface area contributed by atoms with Crippen LogP contribution in [0.1, 0.15) is 10.7 Å². The molecule has 0 aliphatic carbocycles. The van der Waals surface area contributed by atoms with E-state index >= 15 is 0 Å². The van der Waals surface area contributed by atoms with Gasteiger partial charge in [0.25, 0.3) is 0 Å². The van der Waals surface area contributed by atoms with Gasteiger partial charge in [0.1, 0.15) is 0 Å². The fourth-order valence-corrected chi connectivity index (χ4v) is 2.42. The van der Waals surface area contributed by atoms with Crippen LogP contribution >= 0.6 is 23.1 Å². The molecule has 0 saturated carbocycles. The molecule has 0 radical (unpaired) electrons. The van der Waals surface area contributed by atoms with Crippen LogP contribution in [0.3, 0.4) is 0 Å². The smallest absolute Gasteiger partial charge is 0.209 e. The van der Waals surface area contributed by atoms with Crippen molar-refractivity contribution in [1.82, 2.24) is 25.2 Å². The largest absolute Gasteiger partial charge is 0.246 e. The molecule has 0 atom stereocenters. The van der Waals surface area contributed by atoms with E-state index < -0.39 is 0 Å². The number of aryl methyl sites for hydroxylation is 2. The summed E-state index contributed by atoms with van der Waals surface area (Å²) in [6.45, 7) is 2.00. The van der Waals surface area contributed by atoms with Gasteiger partial charge in [-0.1, -0.05) is 11.8 Å². The molecule has 0 aromatic carbocycles. The van der Waals surface area contributed by atoms with Crippen LogP contribution in [0.5, 0.6) is 0 Å². The minimum atomic E-state index is 0.815. The first-order chi connectivity index (χ1) is 6.75. The number of rotatable bonds is 3. The lowest BCUT2D eigenvalue weighted by Gasteiger charge is -1.95. The zero-order valence-electron chi connectivity index (χ0n) is 7.84. The Morgan fingerprint density at radius 2 is 2.43 bits per heavy atom. The summed E-state index contributed by atoms with van der Waals surface area (Å²) >= 11 is 3.25. The summed E-state index contributed by atoms with van der Waals surface area (Å²) < 4.78 is 1.66. The summed E-state index contributed by atoms with van der Waals surface area (Å²) in [5.41, 5.74) is 1.08. The predicted molar refractivity (Wildman–Crippen MR) is 55.2 cm³/mol. The molecule has 7 heteroatoms. The van der Waals surface area contributed by atoms with Gasteiger partial charge in [-0.3, -0.25) is 0 Å². The van der Waals surface area contributed by atoms with Crippen LogP contribution in [0, 0.1) is 6.92 Å². The van der Waals surface area contributed by atoms with Crippen molar-refractivity contribution in [3.05, 3.63) is 16.1 Å².